The second-order valence-corrected chi connectivity index (χ2v) is 8.98. The highest BCUT2D eigenvalue weighted by Gasteiger charge is 2.25. The topological polar surface area (TPSA) is 20.2 Å². The zero-order valence-electron chi connectivity index (χ0n) is 18.9. The Morgan fingerprint density at radius 2 is 1.28 bits per heavy atom. The SMILES string of the molecule is CCCCCCCC/C=C\CCCCCCCCC(O)(CCl)Cc1ccccc1. The molecule has 2 heteroatoms. The van der Waals surface area contributed by atoms with Crippen LogP contribution in [0.15, 0.2) is 42.5 Å². The summed E-state index contributed by atoms with van der Waals surface area (Å²) in [6.45, 7) is 2.27. The minimum Gasteiger partial charge on any atom is -0.388 e. The molecule has 29 heavy (non-hydrogen) atoms. The lowest BCUT2D eigenvalue weighted by Crippen LogP contribution is -2.33. The summed E-state index contributed by atoms with van der Waals surface area (Å²) in [7, 11) is 0. The van der Waals surface area contributed by atoms with E-state index in [-0.39, 0.29) is 0 Å². The maximum atomic E-state index is 10.7. The van der Waals surface area contributed by atoms with E-state index in [0.29, 0.717) is 12.3 Å². The molecule has 0 aliphatic rings. The molecule has 1 aromatic carbocycles. The van der Waals surface area contributed by atoms with Crippen molar-refractivity contribution in [3.05, 3.63) is 48.0 Å². The molecule has 0 saturated carbocycles. The summed E-state index contributed by atoms with van der Waals surface area (Å²) < 4.78 is 0. The number of unbranched alkanes of at least 4 members (excludes halogenated alkanes) is 12. The molecule has 0 radical (unpaired) electrons. The third-order valence-electron chi connectivity index (χ3n) is 5.78. The predicted molar refractivity (Wildman–Crippen MR) is 130 cm³/mol. The molecular formula is C27H45ClO. The molecule has 1 unspecified atom stereocenters. The molecule has 0 amide bonds. The first-order chi connectivity index (χ1) is 14.2. The molecule has 0 heterocycles. The number of hydrogen-bond donors (Lipinski definition) is 1. The van der Waals surface area contributed by atoms with Crippen LogP contribution in [0.2, 0.25) is 0 Å². The lowest BCUT2D eigenvalue weighted by molar-refractivity contribution is 0.0520. The van der Waals surface area contributed by atoms with E-state index in [1.165, 1.54) is 89.0 Å². The van der Waals surface area contributed by atoms with E-state index in [0.717, 1.165) is 12.8 Å². The van der Waals surface area contributed by atoms with Crippen LogP contribution in [-0.4, -0.2) is 16.6 Å². The first-order valence-corrected chi connectivity index (χ1v) is 12.7. The fourth-order valence-corrected chi connectivity index (χ4v) is 4.11. The van der Waals surface area contributed by atoms with Crippen LogP contribution in [0.5, 0.6) is 0 Å². The van der Waals surface area contributed by atoms with E-state index in [9.17, 15) is 5.11 Å². The summed E-state index contributed by atoms with van der Waals surface area (Å²) in [5.74, 6) is 0.312. The van der Waals surface area contributed by atoms with Crippen molar-refractivity contribution in [2.24, 2.45) is 0 Å². The van der Waals surface area contributed by atoms with Gasteiger partial charge in [-0.3, -0.25) is 0 Å². The van der Waals surface area contributed by atoms with Crippen LogP contribution in [0.25, 0.3) is 0 Å². The van der Waals surface area contributed by atoms with Crippen LogP contribution in [0.3, 0.4) is 0 Å². The number of aliphatic hydroxyl groups is 1. The molecular weight excluding hydrogens is 376 g/mol. The van der Waals surface area contributed by atoms with Gasteiger partial charge in [0.05, 0.1) is 11.5 Å². The predicted octanol–water partition coefficient (Wildman–Crippen LogP) is 8.63. The van der Waals surface area contributed by atoms with Gasteiger partial charge in [-0.2, -0.15) is 0 Å². The summed E-state index contributed by atoms with van der Waals surface area (Å²) >= 11 is 6.07. The van der Waals surface area contributed by atoms with Crippen molar-refractivity contribution >= 4 is 11.6 Å². The molecule has 0 saturated heterocycles. The van der Waals surface area contributed by atoms with Crippen LogP contribution < -0.4 is 0 Å². The molecule has 0 aromatic heterocycles. The average molecular weight is 421 g/mol. The molecule has 0 aliphatic carbocycles. The Hall–Kier alpha value is -0.790. The zero-order chi connectivity index (χ0) is 21.0. The minimum atomic E-state index is -0.760. The van der Waals surface area contributed by atoms with Gasteiger partial charge in [-0.25, -0.2) is 0 Å². The van der Waals surface area contributed by atoms with Crippen LogP contribution >= 0.6 is 11.6 Å². The summed E-state index contributed by atoms with van der Waals surface area (Å²) in [6, 6.07) is 10.2. The third kappa shape index (κ3) is 14.8. The van der Waals surface area contributed by atoms with Gasteiger partial charge >= 0.3 is 0 Å². The van der Waals surface area contributed by atoms with Gasteiger partial charge in [0.25, 0.3) is 0 Å². The Morgan fingerprint density at radius 3 is 1.83 bits per heavy atom. The van der Waals surface area contributed by atoms with E-state index >= 15 is 0 Å². The second-order valence-electron chi connectivity index (χ2n) is 8.71. The number of allylic oxidation sites excluding steroid dienone is 2. The Labute approximate surface area is 186 Å². The van der Waals surface area contributed by atoms with Gasteiger partial charge in [-0.05, 0) is 37.7 Å². The van der Waals surface area contributed by atoms with Crippen LogP contribution in [0.1, 0.15) is 109 Å². The molecule has 0 aliphatic heterocycles. The van der Waals surface area contributed by atoms with E-state index in [1.807, 2.05) is 18.2 Å². The zero-order valence-corrected chi connectivity index (χ0v) is 19.6. The largest absolute Gasteiger partial charge is 0.388 e. The lowest BCUT2D eigenvalue weighted by atomic mass is 9.90. The van der Waals surface area contributed by atoms with Crippen LogP contribution in [0.4, 0.5) is 0 Å². The van der Waals surface area contributed by atoms with E-state index in [2.05, 4.69) is 31.2 Å². The summed E-state index contributed by atoms with van der Waals surface area (Å²) in [4.78, 5) is 0. The number of alkyl halides is 1. The summed E-state index contributed by atoms with van der Waals surface area (Å²) in [5, 5.41) is 10.7. The lowest BCUT2D eigenvalue weighted by Gasteiger charge is -2.26. The molecule has 1 nitrogen and oxygen atoms in total. The van der Waals surface area contributed by atoms with Gasteiger partial charge in [0.2, 0.25) is 0 Å². The van der Waals surface area contributed by atoms with Crippen molar-refractivity contribution in [2.75, 3.05) is 5.88 Å². The van der Waals surface area contributed by atoms with Gasteiger partial charge in [0.1, 0.15) is 0 Å². The molecule has 0 fully saturated rings. The Morgan fingerprint density at radius 1 is 0.759 bits per heavy atom. The molecule has 166 valence electrons. The number of halogens is 1. The fourth-order valence-electron chi connectivity index (χ4n) is 3.88. The molecule has 0 spiro atoms. The van der Waals surface area contributed by atoms with Gasteiger partial charge < -0.3 is 5.11 Å². The van der Waals surface area contributed by atoms with Crippen LogP contribution in [0, 0.1) is 0 Å². The quantitative estimate of drug-likeness (QED) is 0.135. The normalized spacial score (nSPS) is 13.8. The third-order valence-corrected chi connectivity index (χ3v) is 6.28. The van der Waals surface area contributed by atoms with Crippen molar-refractivity contribution < 1.29 is 5.11 Å². The highest BCUT2D eigenvalue weighted by Crippen LogP contribution is 2.23. The minimum absolute atomic E-state index is 0.312. The van der Waals surface area contributed by atoms with Crippen molar-refractivity contribution in [1.82, 2.24) is 0 Å². The van der Waals surface area contributed by atoms with Gasteiger partial charge in [0.15, 0.2) is 0 Å². The first-order valence-electron chi connectivity index (χ1n) is 12.2. The molecule has 1 N–H and O–H groups in total. The van der Waals surface area contributed by atoms with E-state index < -0.39 is 5.60 Å². The Bertz CT molecular complexity index is 499. The second kappa shape index (κ2) is 18.0. The number of benzene rings is 1. The highest BCUT2D eigenvalue weighted by atomic mass is 35.5. The van der Waals surface area contributed by atoms with E-state index in [1.54, 1.807) is 0 Å². The molecule has 1 atom stereocenters. The molecule has 1 rings (SSSR count). The monoisotopic (exact) mass is 420 g/mol. The standard InChI is InChI=1S/C27H45ClO/c1-2-3-4-5-6-7-8-9-10-11-12-13-14-15-16-20-23-27(29,25-28)24-26-21-18-17-19-22-26/h9-10,17-19,21-22,29H,2-8,11-16,20,23-25H2,1H3/b10-9-. The van der Waals surface area contributed by atoms with E-state index in [4.69, 9.17) is 11.6 Å². The Balaban J connectivity index is 1.94. The van der Waals surface area contributed by atoms with Crippen molar-refractivity contribution in [1.29, 1.82) is 0 Å². The van der Waals surface area contributed by atoms with Gasteiger partial charge in [-0.15, -0.1) is 11.6 Å². The van der Waals surface area contributed by atoms with Crippen molar-refractivity contribution in [2.45, 2.75) is 115 Å². The smallest absolute Gasteiger partial charge is 0.0822 e. The number of hydrogen-bond acceptors (Lipinski definition) is 1. The highest BCUT2D eigenvalue weighted by molar-refractivity contribution is 6.18. The fraction of sp³-hybridized carbons (Fsp3) is 0.704. The summed E-state index contributed by atoms with van der Waals surface area (Å²) in [5.41, 5.74) is 0.407. The average Bonchev–Trinajstić information content (AvgIpc) is 2.74. The summed E-state index contributed by atoms with van der Waals surface area (Å²) in [6.07, 6.45) is 24.5. The molecule has 1 aromatic rings. The van der Waals surface area contributed by atoms with Gasteiger partial charge in [0, 0.05) is 6.42 Å². The van der Waals surface area contributed by atoms with Gasteiger partial charge in [-0.1, -0.05) is 114 Å². The Kier molecular flexibility index (Phi) is 16.3. The molecule has 0 bridgehead atoms. The maximum Gasteiger partial charge on any atom is 0.0822 e. The van der Waals surface area contributed by atoms with Crippen LogP contribution in [-0.2, 0) is 6.42 Å². The first kappa shape index (κ1) is 26.2. The number of rotatable bonds is 19. The maximum absolute atomic E-state index is 10.7. The van der Waals surface area contributed by atoms with Crippen molar-refractivity contribution in [3.63, 3.8) is 0 Å². The van der Waals surface area contributed by atoms with Crippen molar-refractivity contribution in [3.8, 4) is 0 Å².